The molecule has 4 nitrogen and oxygen atoms in total. The molecule has 17 heavy (non-hydrogen) atoms. The van der Waals surface area contributed by atoms with Crippen LogP contribution in [0.15, 0.2) is 21.5 Å². The van der Waals surface area contributed by atoms with E-state index in [9.17, 15) is 4.79 Å². The number of aliphatic hydroxyl groups is 1. The molecule has 0 spiro atoms. The maximum atomic E-state index is 11.4. The zero-order chi connectivity index (χ0) is 12.9. The molecule has 1 heterocycles. The molecule has 0 unspecified atom stereocenters. The second-order valence-electron chi connectivity index (χ2n) is 4.57. The summed E-state index contributed by atoms with van der Waals surface area (Å²) in [6.07, 6.45) is 1.19. The van der Waals surface area contributed by atoms with Crippen molar-refractivity contribution in [2.75, 3.05) is 6.61 Å². The van der Waals surface area contributed by atoms with Crippen LogP contribution in [0.3, 0.4) is 0 Å². The van der Waals surface area contributed by atoms with Gasteiger partial charge in [0, 0.05) is 11.5 Å². The molecule has 0 saturated carbocycles. The molecule has 0 fully saturated rings. The summed E-state index contributed by atoms with van der Waals surface area (Å²) in [7, 11) is 0. The van der Waals surface area contributed by atoms with Crippen LogP contribution in [-0.4, -0.2) is 11.7 Å². The molecule has 1 aromatic rings. The maximum Gasteiger partial charge on any atom is 0.227 e. The highest BCUT2D eigenvalue weighted by atomic mass is 16.5. The standard InChI is InChI=1S/C13H16O4/c1-13(2,3)5-4-6-16-12-9-17-10(8-14)7-11(12)15/h7,9,14H,6,8H2,1-3H3. The number of hydrogen-bond donors (Lipinski definition) is 1. The van der Waals surface area contributed by atoms with E-state index in [1.807, 2.05) is 20.8 Å². The van der Waals surface area contributed by atoms with E-state index in [4.69, 9.17) is 14.3 Å². The van der Waals surface area contributed by atoms with Crippen molar-refractivity contribution in [3.8, 4) is 17.6 Å². The molecule has 0 radical (unpaired) electrons. The molecule has 4 heteroatoms. The molecule has 0 aliphatic heterocycles. The largest absolute Gasteiger partial charge is 0.474 e. The number of ether oxygens (including phenoxy) is 1. The SMILES string of the molecule is CC(C)(C)C#CCOc1coc(CO)cc1=O. The molecule has 0 atom stereocenters. The van der Waals surface area contributed by atoms with Crippen molar-refractivity contribution in [3.05, 3.63) is 28.3 Å². The monoisotopic (exact) mass is 236 g/mol. The molecule has 0 aromatic carbocycles. The van der Waals surface area contributed by atoms with Gasteiger partial charge in [-0.1, -0.05) is 11.8 Å². The van der Waals surface area contributed by atoms with E-state index >= 15 is 0 Å². The van der Waals surface area contributed by atoms with Crippen molar-refractivity contribution >= 4 is 0 Å². The van der Waals surface area contributed by atoms with Gasteiger partial charge in [0.2, 0.25) is 11.2 Å². The topological polar surface area (TPSA) is 59.7 Å². The third-order valence-corrected chi connectivity index (χ3v) is 1.77. The van der Waals surface area contributed by atoms with Crippen molar-refractivity contribution in [2.45, 2.75) is 27.4 Å². The first-order valence-electron chi connectivity index (χ1n) is 5.28. The third kappa shape index (κ3) is 4.75. The first-order chi connectivity index (χ1) is 7.92. The Balaban J connectivity index is 2.64. The minimum Gasteiger partial charge on any atom is -0.474 e. The summed E-state index contributed by atoms with van der Waals surface area (Å²) in [6.45, 7) is 5.80. The first-order valence-corrected chi connectivity index (χ1v) is 5.28. The van der Waals surface area contributed by atoms with E-state index in [1.54, 1.807) is 0 Å². The Morgan fingerprint density at radius 3 is 2.71 bits per heavy atom. The van der Waals surface area contributed by atoms with Gasteiger partial charge in [-0.05, 0) is 20.8 Å². The van der Waals surface area contributed by atoms with Crippen LogP contribution < -0.4 is 10.2 Å². The van der Waals surface area contributed by atoms with Crippen LogP contribution in [0.4, 0.5) is 0 Å². The van der Waals surface area contributed by atoms with Crippen LogP contribution in [0.1, 0.15) is 26.5 Å². The van der Waals surface area contributed by atoms with Crippen molar-refractivity contribution in [1.82, 2.24) is 0 Å². The summed E-state index contributed by atoms with van der Waals surface area (Å²) in [5.41, 5.74) is -0.410. The van der Waals surface area contributed by atoms with E-state index in [0.29, 0.717) is 0 Å². The third-order valence-electron chi connectivity index (χ3n) is 1.77. The Hall–Kier alpha value is -1.73. The summed E-state index contributed by atoms with van der Waals surface area (Å²) in [4.78, 5) is 11.4. The Kier molecular flexibility index (Phi) is 4.36. The van der Waals surface area contributed by atoms with E-state index in [1.165, 1.54) is 12.3 Å². The average molecular weight is 236 g/mol. The molecule has 0 saturated heterocycles. The van der Waals surface area contributed by atoms with Gasteiger partial charge in [-0.15, -0.1) is 0 Å². The Bertz CT molecular complexity index is 483. The lowest BCUT2D eigenvalue weighted by atomic mass is 9.98. The molecule has 0 aliphatic carbocycles. The van der Waals surface area contributed by atoms with Gasteiger partial charge in [0.05, 0.1) is 0 Å². The van der Waals surface area contributed by atoms with E-state index in [0.717, 1.165) is 0 Å². The average Bonchev–Trinajstić information content (AvgIpc) is 2.24. The van der Waals surface area contributed by atoms with E-state index < -0.39 is 0 Å². The van der Waals surface area contributed by atoms with Crippen molar-refractivity contribution < 1.29 is 14.3 Å². The fraction of sp³-hybridized carbons (Fsp3) is 0.462. The minimum atomic E-state index is -0.321. The molecule has 0 aliphatic rings. The van der Waals surface area contributed by atoms with Crippen LogP contribution in [0.2, 0.25) is 0 Å². The maximum absolute atomic E-state index is 11.4. The number of rotatable bonds is 3. The zero-order valence-corrected chi connectivity index (χ0v) is 10.2. The summed E-state index contributed by atoms with van der Waals surface area (Å²) in [6, 6.07) is 1.20. The predicted octanol–water partition coefficient (Wildman–Crippen LogP) is 1.56. The summed E-state index contributed by atoms with van der Waals surface area (Å²) >= 11 is 0. The van der Waals surface area contributed by atoms with Gasteiger partial charge in [-0.2, -0.15) is 0 Å². The summed E-state index contributed by atoms with van der Waals surface area (Å²) in [5.74, 6) is 6.13. The molecule has 0 bridgehead atoms. The zero-order valence-electron chi connectivity index (χ0n) is 10.2. The first kappa shape index (κ1) is 13.3. The number of hydrogen-bond acceptors (Lipinski definition) is 4. The Labute approximate surface area is 100 Å². The highest BCUT2D eigenvalue weighted by molar-refractivity contribution is 5.18. The molecule has 0 amide bonds. The molecular weight excluding hydrogens is 220 g/mol. The summed E-state index contributed by atoms with van der Waals surface area (Å²) in [5, 5.41) is 8.76. The Morgan fingerprint density at radius 2 is 2.18 bits per heavy atom. The molecule has 1 aromatic heterocycles. The van der Waals surface area contributed by atoms with Crippen LogP contribution in [0, 0.1) is 17.3 Å². The van der Waals surface area contributed by atoms with E-state index in [2.05, 4.69) is 11.8 Å². The molecule has 1 N–H and O–H groups in total. The van der Waals surface area contributed by atoms with Crippen molar-refractivity contribution in [3.63, 3.8) is 0 Å². The van der Waals surface area contributed by atoms with E-state index in [-0.39, 0.29) is 35.6 Å². The van der Waals surface area contributed by atoms with Gasteiger partial charge < -0.3 is 14.3 Å². The second-order valence-corrected chi connectivity index (χ2v) is 4.57. The van der Waals surface area contributed by atoms with Gasteiger partial charge in [0.25, 0.3) is 0 Å². The van der Waals surface area contributed by atoms with Gasteiger partial charge in [-0.25, -0.2) is 0 Å². The lowest BCUT2D eigenvalue weighted by Crippen LogP contribution is -2.08. The molecular formula is C13H16O4. The second kappa shape index (κ2) is 5.55. The van der Waals surface area contributed by atoms with Crippen LogP contribution in [0.25, 0.3) is 0 Å². The summed E-state index contributed by atoms with van der Waals surface area (Å²) < 4.78 is 10.1. The highest BCUT2D eigenvalue weighted by Crippen LogP contribution is 2.10. The Morgan fingerprint density at radius 1 is 1.47 bits per heavy atom. The van der Waals surface area contributed by atoms with Gasteiger partial charge in [0.15, 0.2) is 0 Å². The predicted molar refractivity (Wildman–Crippen MR) is 63.6 cm³/mol. The van der Waals surface area contributed by atoms with Crippen molar-refractivity contribution in [1.29, 1.82) is 0 Å². The quantitative estimate of drug-likeness (QED) is 0.809. The van der Waals surface area contributed by atoms with Gasteiger partial charge in [-0.3, -0.25) is 4.79 Å². The van der Waals surface area contributed by atoms with Crippen LogP contribution in [0.5, 0.6) is 5.75 Å². The lowest BCUT2D eigenvalue weighted by molar-refractivity contribution is 0.239. The van der Waals surface area contributed by atoms with Gasteiger partial charge in [0.1, 0.15) is 25.2 Å². The van der Waals surface area contributed by atoms with Crippen molar-refractivity contribution in [2.24, 2.45) is 5.41 Å². The van der Waals surface area contributed by atoms with Crippen LogP contribution >= 0.6 is 0 Å². The molecule has 1 rings (SSSR count). The van der Waals surface area contributed by atoms with Crippen LogP contribution in [-0.2, 0) is 6.61 Å². The number of aliphatic hydroxyl groups excluding tert-OH is 1. The lowest BCUT2D eigenvalue weighted by Gasteiger charge is -2.07. The fourth-order valence-electron chi connectivity index (χ4n) is 1.04. The fourth-order valence-corrected chi connectivity index (χ4v) is 1.04. The molecule has 92 valence electrons. The van der Waals surface area contributed by atoms with Gasteiger partial charge >= 0.3 is 0 Å². The smallest absolute Gasteiger partial charge is 0.227 e. The minimum absolute atomic E-state index is 0.0885. The normalized spacial score (nSPS) is 10.6. The highest BCUT2D eigenvalue weighted by Gasteiger charge is 2.04.